The zero-order valence-corrected chi connectivity index (χ0v) is 13.9. The Hall–Kier alpha value is -2.73. The lowest BCUT2D eigenvalue weighted by atomic mass is 10.1. The first kappa shape index (κ1) is 15.8. The Morgan fingerprint density at radius 3 is 2.68 bits per heavy atom. The van der Waals surface area contributed by atoms with Gasteiger partial charge >= 0.3 is 0 Å². The number of carbonyl (C=O) groups excluding carboxylic acids is 1. The third-order valence-electron chi connectivity index (χ3n) is 4.50. The smallest absolute Gasteiger partial charge is 0.254 e. The fraction of sp³-hybridized carbons (Fsp3) is 0.263. The number of hydrogen-bond acceptors (Lipinski definition) is 4. The predicted molar refractivity (Wildman–Crippen MR) is 92.8 cm³/mol. The van der Waals surface area contributed by atoms with E-state index in [1.807, 2.05) is 4.90 Å². The van der Waals surface area contributed by atoms with Crippen LogP contribution in [-0.4, -0.2) is 53.9 Å². The van der Waals surface area contributed by atoms with Crippen LogP contribution in [0, 0.1) is 5.82 Å². The molecule has 1 aliphatic heterocycles. The molecule has 0 bridgehead atoms. The molecule has 5 nitrogen and oxygen atoms in total. The summed E-state index contributed by atoms with van der Waals surface area (Å²) >= 11 is 0. The van der Waals surface area contributed by atoms with E-state index >= 15 is 0 Å². The average Bonchev–Trinajstić information content (AvgIpc) is 3.05. The summed E-state index contributed by atoms with van der Waals surface area (Å²) in [5.41, 5.74) is 2.34. The molecule has 0 atom stereocenters. The number of piperazine rings is 1. The van der Waals surface area contributed by atoms with Crippen molar-refractivity contribution in [1.29, 1.82) is 0 Å². The molecule has 1 saturated heterocycles. The van der Waals surface area contributed by atoms with Crippen LogP contribution < -0.4 is 0 Å². The van der Waals surface area contributed by atoms with E-state index in [1.54, 1.807) is 30.3 Å². The number of benzene rings is 2. The summed E-state index contributed by atoms with van der Waals surface area (Å²) in [4.78, 5) is 21.1. The van der Waals surface area contributed by atoms with E-state index in [2.05, 4.69) is 16.9 Å². The maximum atomic E-state index is 13.4. The van der Waals surface area contributed by atoms with Crippen molar-refractivity contribution in [2.24, 2.45) is 0 Å². The molecule has 0 saturated carbocycles. The summed E-state index contributed by atoms with van der Waals surface area (Å²) < 4.78 is 19.1. The van der Waals surface area contributed by atoms with Gasteiger partial charge in [-0.15, -0.1) is 0 Å². The third kappa shape index (κ3) is 3.13. The summed E-state index contributed by atoms with van der Waals surface area (Å²) in [7, 11) is 2.05. The first-order valence-corrected chi connectivity index (χ1v) is 8.24. The number of halogens is 1. The molecule has 1 aromatic heterocycles. The molecule has 3 aromatic rings. The Labute approximate surface area is 144 Å². The Kier molecular flexibility index (Phi) is 3.97. The molecular weight excluding hydrogens is 321 g/mol. The number of amides is 1. The number of carbonyl (C=O) groups is 1. The van der Waals surface area contributed by atoms with E-state index in [1.165, 1.54) is 12.1 Å². The van der Waals surface area contributed by atoms with Crippen molar-refractivity contribution in [2.75, 3.05) is 33.2 Å². The van der Waals surface area contributed by atoms with Gasteiger partial charge in [-0.25, -0.2) is 9.37 Å². The zero-order chi connectivity index (χ0) is 17.4. The number of likely N-dealkylation sites (N-methyl/N-ethyl adjacent to an activating group) is 1. The minimum absolute atomic E-state index is 0.00491. The van der Waals surface area contributed by atoms with Crippen LogP contribution in [0.4, 0.5) is 4.39 Å². The van der Waals surface area contributed by atoms with E-state index in [-0.39, 0.29) is 11.7 Å². The van der Waals surface area contributed by atoms with E-state index < -0.39 is 0 Å². The molecule has 25 heavy (non-hydrogen) atoms. The molecule has 0 unspecified atom stereocenters. The van der Waals surface area contributed by atoms with Crippen LogP contribution in [0.15, 0.2) is 46.9 Å². The summed E-state index contributed by atoms with van der Waals surface area (Å²) in [6, 6.07) is 11.3. The first-order valence-electron chi connectivity index (χ1n) is 8.24. The Morgan fingerprint density at radius 1 is 1.12 bits per heavy atom. The van der Waals surface area contributed by atoms with Crippen molar-refractivity contribution in [2.45, 2.75) is 0 Å². The molecule has 0 N–H and O–H groups in total. The highest BCUT2D eigenvalue weighted by atomic mass is 19.1. The molecule has 0 aliphatic carbocycles. The lowest BCUT2D eigenvalue weighted by Gasteiger charge is -2.32. The molecule has 128 valence electrons. The minimum atomic E-state index is -0.342. The van der Waals surface area contributed by atoms with Crippen LogP contribution in [0.3, 0.4) is 0 Å². The molecule has 2 aromatic carbocycles. The first-order chi connectivity index (χ1) is 12.1. The highest BCUT2D eigenvalue weighted by Gasteiger charge is 2.21. The fourth-order valence-corrected chi connectivity index (χ4v) is 3.00. The van der Waals surface area contributed by atoms with E-state index in [9.17, 15) is 9.18 Å². The van der Waals surface area contributed by atoms with E-state index in [4.69, 9.17) is 4.42 Å². The largest absolute Gasteiger partial charge is 0.436 e. The fourth-order valence-electron chi connectivity index (χ4n) is 3.00. The number of aromatic nitrogens is 1. The second kappa shape index (κ2) is 6.29. The zero-order valence-electron chi connectivity index (χ0n) is 13.9. The van der Waals surface area contributed by atoms with Gasteiger partial charge in [-0.2, -0.15) is 0 Å². The van der Waals surface area contributed by atoms with Crippen molar-refractivity contribution in [1.82, 2.24) is 14.8 Å². The monoisotopic (exact) mass is 339 g/mol. The molecule has 0 radical (unpaired) electrons. The molecule has 0 spiro atoms. The van der Waals surface area contributed by atoms with Gasteiger partial charge in [0.1, 0.15) is 11.3 Å². The van der Waals surface area contributed by atoms with Gasteiger partial charge in [0.2, 0.25) is 5.89 Å². The van der Waals surface area contributed by atoms with Crippen LogP contribution in [0.25, 0.3) is 22.6 Å². The van der Waals surface area contributed by atoms with Crippen LogP contribution in [0.5, 0.6) is 0 Å². The van der Waals surface area contributed by atoms with Gasteiger partial charge in [0.15, 0.2) is 5.58 Å². The van der Waals surface area contributed by atoms with E-state index in [0.29, 0.717) is 28.1 Å². The predicted octanol–water partition coefficient (Wildman–Crippen LogP) is 3.02. The van der Waals surface area contributed by atoms with Gasteiger partial charge in [-0.3, -0.25) is 4.79 Å². The maximum absolute atomic E-state index is 13.4. The SMILES string of the molecule is CN1CCN(C(=O)c2ccc3oc(-c4cccc(F)c4)nc3c2)CC1. The average molecular weight is 339 g/mol. The normalized spacial score (nSPS) is 15.7. The second-order valence-corrected chi connectivity index (χ2v) is 6.31. The summed E-state index contributed by atoms with van der Waals surface area (Å²) in [6.07, 6.45) is 0. The lowest BCUT2D eigenvalue weighted by molar-refractivity contribution is 0.0664. The van der Waals surface area contributed by atoms with Crippen molar-refractivity contribution < 1.29 is 13.6 Å². The van der Waals surface area contributed by atoms with Crippen molar-refractivity contribution in [3.8, 4) is 11.5 Å². The topological polar surface area (TPSA) is 49.6 Å². The lowest BCUT2D eigenvalue weighted by Crippen LogP contribution is -2.47. The van der Waals surface area contributed by atoms with Crippen molar-refractivity contribution in [3.63, 3.8) is 0 Å². The van der Waals surface area contributed by atoms with Gasteiger partial charge in [-0.05, 0) is 43.4 Å². The van der Waals surface area contributed by atoms with Gasteiger partial charge in [-0.1, -0.05) is 6.07 Å². The number of fused-ring (bicyclic) bond motifs is 1. The number of nitrogens with zero attached hydrogens (tertiary/aromatic N) is 3. The Balaban J connectivity index is 1.63. The molecule has 6 heteroatoms. The second-order valence-electron chi connectivity index (χ2n) is 6.31. The van der Waals surface area contributed by atoms with Gasteiger partial charge in [0, 0.05) is 37.3 Å². The number of hydrogen-bond donors (Lipinski definition) is 0. The quantitative estimate of drug-likeness (QED) is 0.720. The maximum Gasteiger partial charge on any atom is 0.254 e. The third-order valence-corrected chi connectivity index (χ3v) is 4.50. The van der Waals surface area contributed by atoms with Crippen LogP contribution in [-0.2, 0) is 0 Å². The van der Waals surface area contributed by atoms with Crippen LogP contribution >= 0.6 is 0 Å². The van der Waals surface area contributed by atoms with Gasteiger partial charge in [0.25, 0.3) is 5.91 Å². The highest BCUT2D eigenvalue weighted by molar-refractivity contribution is 5.97. The molecule has 2 heterocycles. The van der Waals surface area contributed by atoms with Gasteiger partial charge < -0.3 is 14.2 Å². The van der Waals surface area contributed by atoms with Crippen LogP contribution in [0.2, 0.25) is 0 Å². The highest BCUT2D eigenvalue weighted by Crippen LogP contribution is 2.25. The molecule has 1 amide bonds. The number of rotatable bonds is 2. The minimum Gasteiger partial charge on any atom is -0.436 e. The summed E-state index contributed by atoms with van der Waals surface area (Å²) in [5, 5.41) is 0. The van der Waals surface area contributed by atoms with E-state index in [0.717, 1.165) is 26.2 Å². The standard InChI is InChI=1S/C19H18FN3O2/c1-22-7-9-23(10-8-22)19(24)14-5-6-17-16(12-14)21-18(25-17)13-3-2-4-15(20)11-13/h2-6,11-12H,7-10H2,1H3. The van der Waals surface area contributed by atoms with Crippen molar-refractivity contribution >= 4 is 17.0 Å². The van der Waals surface area contributed by atoms with Crippen molar-refractivity contribution in [3.05, 3.63) is 53.8 Å². The Morgan fingerprint density at radius 2 is 1.92 bits per heavy atom. The Bertz CT molecular complexity index is 929. The molecule has 1 fully saturated rings. The number of oxazole rings is 1. The van der Waals surface area contributed by atoms with Crippen LogP contribution in [0.1, 0.15) is 10.4 Å². The summed E-state index contributed by atoms with van der Waals surface area (Å²) in [6.45, 7) is 3.20. The molecular formula is C19H18FN3O2. The van der Waals surface area contributed by atoms with Gasteiger partial charge in [0.05, 0.1) is 0 Å². The summed E-state index contributed by atoms with van der Waals surface area (Å²) in [5.74, 6) is 0.00897. The molecule has 1 aliphatic rings. The molecule has 4 rings (SSSR count).